The summed E-state index contributed by atoms with van der Waals surface area (Å²) in [6.07, 6.45) is -4.02. The Kier molecular flexibility index (Phi) is 3.83. The molecule has 0 aliphatic rings. The molecule has 21 heavy (non-hydrogen) atoms. The summed E-state index contributed by atoms with van der Waals surface area (Å²) < 4.78 is 42.8. The van der Waals surface area contributed by atoms with Crippen molar-refractivity contribution in [1.29, 1.82) is 0 Å². The third-order valence-corrected chi connectivity index (χ3v) is 2.69. The molecule has 0 bridgehead atoms. The van der Waals surface area contributed by atoms with E-state index < -0.39 is 22.4 Å². The number of aromatic amines is 1. The maximum absolute atomic E-state index is 12.6. The number of ether oxygens (including phenoxy) is 1. The molecule has 0 amide bonds. The molecule has 1 N–H and O–H groups in total. The number of benzene rings is 1. The van der Waals surface area contributed by atoms with Crippen molar-refractivity contribution in [3.05, 3.63) is 45.6 Å². The Labute approximate surface area is 116 Å². The number of alkyl halides is 3. The van der Waals surface area contributed by atoms with E-state index in [0.717, 1.165) is 17.8 Å². The van der Waals surface area contributed by atoms with Gasteiger partial charge >= 0.3 is 11.9 Å². The number of nitrogens with one attached hydrogen (secondary N) is 1. The second kappa shape index (κ2) is 5.43. The predicted molar refractivity (Wildman–Crippen MR) is 66.1 cm³/mol. The highest BCUT2D eigenvalue weighted by molar-refractivity contribution is 5.50. The number of hydrogen-bond donors (Lipinski definition) is 1. The first-order valence-electron chi connectivity index (χ1n) is 5.89. The number of H-pyrrole nitrogens is 1. The molecule has 0 unspecified atom stereocenters. The van der Waals surface area contributed by atoms with Gasteiger partial charge in [-0.2, -0.15) is 13.2 Å². The van der Waals surface area contributed by atoms with Gasteiger partial charge in [-0.3, -0.25) is 15.2 Å². The average Bonchev–Trinajstić information content (AvgIpc) is 2.85. The predicted octanol–water partition coefficient (Wildman–Crippen LogP) is 3.69. The zero-order valence-electron chi connectivity index (χ0n) is 10.8. The summed E-state index contributed by atoms with van der Waals surface area (Å²) in [6.45, 7) is 1.86. The maximum atomic E-state index is 12.6. The van der Waals surface area contributed by atoms with E-state index in [0.29, 0.717) is 12.5 Å². The van der Waals surface area contributed by atoms with Crippen LogP contribution in [-0.2, 0) is 12.6 Å². The summed E-state index contributed by atoms with van der Waals surface area (Å²) in [5, 5.41) is 17.3. The minimum atomic E-state index is -4.66. The number of halogens is 3. The van der Waals surface area contributed by atoms with E-state index in [4.69, 9.17) is 4.74 Å². The van der Waals surface area contributed by atoms with Crippen molar-refractivity contribution >= 4 is 5.69 Å². The van der Waals surface area contributed by atoms with Crippen LogP contribution < -0.4 is 4.74 Å². The standard InChI is InChI=1S/C12H10F3N3O3/c1-2-8-6-11(17-16-8)21-10-4-3-7(12(13,14)15)5-9(10)18(19)20/h3-6H,2H2,1H3,(H,16,17). The zero-order chi connectivity index (χ0) is 15.6. The molecule has 0 aliphatic heterocycles. The van der Waals surface area contributed by atoms with Crippen LogP contribution >= 0.6 is 0 Å². The molecule has 0 spiro atoms. The number of rotatable bonds is 4. The molecule has 2 rings (SSSR count). The van der Waals surface area contributed by atoms with Crippen molar-refractivity contribution in [1.82, 2.24) is 10.2 Å². The normalized spacial score (nSPS) is 11.4. The number of nitro groups is 1. The van der Waals surface area contributed by atoms with Crippen LogP contribution in [0.1, 0.15) is 18.2 Å². The molecule has 1 aromatic carbocycles. The van der Waals surface area contributed by atoms with E-state index in [1.165, 1.54) is 6.07 Å². The highest BCUT2D eigenvalue weighted by atomic mass is 19.4. The molecular weight excluding hydrogens is 291 g/mol. The summed E-state index contributed by atoms with van der Waals surface area (Å²) in [7, 11) is 0. The number of nitrogens with zero attached hydrogens (tertiary/aromatic N) is 2. The Bertz CT molecular complexity index is 667. The van der Waals surface area contributed by atoms with E-state index in [-0.39, 0.29) is 11.6 Å². The Hall–Kier alpha value is -2.58. The maximum Gasteiger partial charge on any atom is 0.416 e. The van der Waals surface area contributed by atoms with Crippen molar-refractivity contribution in [3.8, 4) is 11.6 Å². The number of hydrogen-bond acceptors (Lipinski definition) is 4. The molecule has 1 heterocycles. The fourth-order valence-corrected chi connectivity index (χ4v) is 1.61. The first-order valence-corrected chi connectivity index (χ1v) is 5.89. The number of aryl methyl sites for hydroxylation is 1. The molecule has 0 fully saturated rings. The van der Waals surface area contributed by atoms with Crippen molar-refractivity contribution in [2.75, 3.05) is 0 Å². The van der Waals surface area contributed by atoms with Crippen LogP contribution in [0.15, 0.2) is 24.3 Å². The van der Waals surface area contributed by atoms with Gasteiger partial charge < -0.3 is 4.74 Å². The summed E-state index contributed by atoms with van der Waals surface area (Å²) >= 11 is 0. The zero-order valence-corrected chi connectivity index (χ0v) is 10.8. The van der Waals surface area contributed by atoms with E-state index in [9.17, 15) is 23.3 Å². The van der Waals surface area contributed by atoms with Gasteiger partial charge in [0.05, 0.1) is 10.5 Å². The fraction of sp³-hybridized carbons (Fsp3) is 0.250. The van der Waals surface area contributed by atoms with Gasteiger partial charge in [0, 0.05) is 17.8 Å². The monoisotopic (exact) mass is 301 g/mol. The molecule has 112 valence electrons. The van der Waals surface area contributed by atoms with Gasteiger partial charge in [0.15, 0.2) is 0 Å². The lowest BCUT2D eigenvalue weighted by Gasteiger charge is -2.08. The summed E-state index contributed by atoms with van der Waals surface area (Å²) in [5.41, 5.74) is -1.15. The minimum absolute atomic E-state index is 0.0507. The van der Waals surface area contributed by atoms with Crippen molar-refractivity contribution in [2.24, 2.45) is 0 Å². The molecule has 2 aromatic rings. The van der Waals surface area contributed by atoms with Crippen molar-refractivity contribution in [2.45, 2.75) is 19.5 Å². The van der Waals surface area contributed by atoms with E-state index in [1.807, 2.05) is 6.92 Å². The Morgan fingerprint density at radius 3 is 2.62 bits per heavy atom. The van der Waals surface area contributed by atoms with Crippen LogP contribution in [0.5, 0.6) is 11.6 Å². The first-order chi connectivity index (χ1) is 9.81. The summed E-state index contributed by atoms with van der Waals surface area (Å²) in [6, 6.07) is 3.57. The van der Waals surface area contributed by atoms with Gasteiger partial charge in [-0.1, -0.05) is 6.92 Å². The molecular formula is C12H10F3N3O3. The highest BCUT2D eigenvalue weighted by Gasteiger charge is 2.33. The van der Waals surface area contributed by atoms with Crippen molar-refractivity contribution < 1.29 is 22.8 Å². The second-order valence-electron chi connectivity index (χ2n) is 4.12. The second-order valence-corrected chi connectivity index (χ2v) is 4.12. The Balaban J connectivity index is 2.36. The third-order valence-electron chi connectivity index (χ3n) is 2.69. The third kappa shape index (κ3) is 3.30. The van der Waals surface area contributed by atoms with E-state index >= 15 is 0 Å². The molecule has 0 saturated heterocycles. The van der Waals surface area contributed by atoms with Crippen LogP contribution in [0.3, 0.4) is 0 Å². The van der Waals surface area contributed by atoms with Crippen molar-refractivity contribution in [3.63, 3.8) is 0 Å². The number of nitro benzene ring substituents is 1. The molecule has 0 saturated carbocycles. The van der Waals surface area contributed by atoms with Gasteiger partial charge in [-0.05, 0) is 18.6 Å². The van der Waals surface area contributed by atoms with Crippen LogP contribution in [0.4, 0.5) is 18.9 Å². The topological polar surface area (TPSA) is 81.1 Å². The lowest BCUT2D eigenvalue weighted by Crippen LogP contribution is -2.06. The van der Waals surface area contributed by atoms with Gasteiger partial charge in [-0.15, -0.1) is 5.10 Å². The molecule has 1 aromatic heterocycles. The SMILES string of the molecule is CCc1cc(Oc2ccc(C(F)(F)F)cc2[N+](=O)[O-])n[nH]1. The smallest absolute Gasteiger partial charge is 0.416 e. The molecule has 0 aliphatic carbocycles. The van der Waals surface area contributed by atoms with E-state index in [1.54, 1.807) is 0 Å². The number of aromatic nitrogens is 2. The van der Waals surface area contributed by atoms with Gasteiger partial charge in [0.2, 0.25) is 11.6 Å². The van der Waals surface area contributed by atoms with Gasteiger partial charge in [-0.25, -0.2) is 0 Å². The first kappa shape index (κ1) is 14.8. The lowest BCUT2D eigenvalue weighted by atomic mass is 10.2. The minimum Gasteiger partial charge on any atom is -0.430 e. The summed E-state index contributed by atoms with van der Waals surface area (Å²) in [5.74, 6) is -0.253. The van der Waals surface area contributed by atoms with Crippen LogP contribution in [0, 0.1) is 10.1 Å². The molecule has 0 atom stereocenters. The molecule has 0 radical (unpaired) electrons. The lowest BCUT2D eigenvalue weighted by molar-refractivity contribution is -0.385. The Morgan fingerprint density at radius 1 is 1.38 bits per heavy atom. The average molecular weight is 301 g/mol. The quantitative estimate of drug-likeness (QED) is 0.689. The van der Waals surface area contributed by atoms with Crippen LogP contribution in [-0.4, -0.2) is 15.1 Å². The Morgan fingerprint density at radius 2 is 2.10 bits per heavy atom. The highest BCUT2D eigenvalue weighted by Crippen LogP contribution is 2.37. The molecule has 9 heteroatoms. The van der Waals surface area contributed by atoms with Gasteiger partial charge in [0.1, 0.15) is 0 Å². The molecule has 6 nitrogen and oxygen atoms in total. The van der Waals surface area contributed by atoms with E-state index in [2.05, 4.69) is 10.2 Å². The van der Waals surface area contributed by atoms with Gasteiger partial charge in [0.25, 0.3) is 0 Å². The largest absolute Gasteiger partial charge is 0.430 e. The van der Waals surface area contributed by atoms with Crippen LogP contribution in [0.25, 0.3) is 0 Å². The fourth-order valence-electron chi connectivity index (χ4n) is 1.61. The van der Waals surface area contributed by atoms with Crippen LogP contribution in [0.2, 0.25) is 0 Å². The summed E-state index contributed by atoms with van der Waals surface area (Å²) in [4.78, 5) is 9.95.